The highest BCUT2D eigenvalue weighted by atomic mass is 19.1. The second kappa shape index (κ2) is 8.58. The number of rotatable bonds is 7. The number of nitrogens with one attached hydrogen (secondary N) is 2. The number of aliphatic hydroxyl groups excluding tert-OH is 1. The molecule has 134 valence electrons. The number of carbonyl (C=O) groups is 1. The normalized spacial score (nSPS) is 17.5. The zero-order chi connectivity index (χ0) is 17.6. The summed E-state index contributed by atoms with van der Waals surface area (Å²) in [5, 5.41) is 16.3. The van der Waals surface area contributed by atoms with Crippen molar-refractivity contribution in [3.05, 3.63) is 35.6 Å². The minimum atomic E-state index is -0.781. The van der Waals surface area contributed by atoms with Crippen molar-refractivity contribution >= 4 is 5.91 Å². The van der Waals surface area contributed by atoms with Crippen LogP contribution in [0.5, 0.6) is 0 Å². The molecule has 0 heterocycles. The lowest BCUT2D eigenvalue weighted by atomic mass is 9.89. The fourth-order valence-corrected chi connectivity index (χ4v) is 3.08. The first-order valence-corrected chi connectivity index (χ1v) is 8.85. The third kappa shape index (κ3) is 5.56. The molecule has 0 bridgehead atoms. The molecule has 24 heavy (non-hydrogen) atoms. The van der Waals surface area contributed by atoms with Crippen LogP contribution < -0.4 is 10.6 Å². The van der Waals surface area contributed by atoms with Crippen molar-refractivity contribution < 1.29 is 14.3 Å². The Morgan fingerprint density at radius 2 is 1.88 bits per heavy atom. The van der Waals surface area contributed by atoms with E-state index in [9.17, 15) is 14.3 Å². The molecule has 0 aliphatic heterocycles. The minimum Gasteiger partial charge on any atom is -0.387 e. The largest absolute Gasteiger partial charge is 0.387 e. The fourth-order valence-electron chi connectivity index (χ4n) is 3.08. The number of halogens is 1. The molecule has 0 saturated heterocycles. The van der Waals surface area contributed by atoms with Crippen LogP contribution in [0, 0.1) is 11.7 Å². The Hall–Kier alpha value is -1.46. The average Bonchev–Trinajstić information content (AvgIpc) is 2.59. The van der Waals surface area contributed by atoms with Crippen LogP contribution in [0.15, 0.2) is 24.3 Å². The molecule has 1 amide bonds. The molecule has 1 aromatic rings. The Morgan fingerprint density at radius 1 is 1.25 bits per heavy atom. The Balaban J connectivity index is 1.78. The lowest BCUT2D eigenvalue weighted by Gasteiger charge is -2.29. The van der Waals surface area contributed by atoms with Gasteiger partial charge in [0, 0.05) is 13.1 Å². The zero-order valence-electron chi connectivity index (χ0n) is 14.6. The van der Waals surface area contributed by atoms with Crippen molar-refractivity contribution in [3.8, 4) is 0 Å². The highest BCUT2D eigenvalue weighted by molar-refractivity contribution is 5.85. The lowest BCUT2D eigenvalue weighted by molar-refractivity contribution is -0.126. The van der Waals surface area contributed by atoms with E-state index in [2.05, 4.69) is 10.6 Å². The highest BCUT2D eigenvalue weighted by Gasteiger charge is 2.28. The van der Waals surface area contributed by atoms with Gasteiger partial charge in [-0.05, 0) is 50.3 Å². The zero-order valence-corrected chi connectivity index (χ0v) is 14.6. The van der Waals surface area contributed by atoms with Crippen LogP contribution in [0.3, 0.4) is 0 Å². The van der Waals surface area contributed by atoms with E-state index in [1.165, 1.54) is 44.2 Å². The standard InChI is InChI=1S/C19H29FN2O2/c1-19(2,18(24)21-12-14-6-4-3-5-7-14)22-13-17(23)15-8-10-16(20)11-9-15/h8-11,14,17,22-23H,3-7,12-13H2,1-2H3,(H,21,24). The first-order chi connectivity index (χ1) is 11.4. The Labute approximate surface area is 143 Å². The molecule has 1 unspecified atom stereocenters. The van der Waals surface area contributed by atoms with Crippen molar-refractivity contribution in [1.29, 1.82) is 0 Å². The van der Waals surface area contributed by atoms with Crippen LogP contribution in [-0.2, 0) is 4.79 Å². The smallest absolute Gasteiger partial charge is 0.239 e. The first kappa shape index (κ1) is 18.9. The van der Waals surface area contributed by atoms with E-state index >= 15 is 0 Å². The maximum absolute atomic E-state index is 12.9. The van der Waals surface area contributed by atoms with Gasteiger partial charge in [0.1, 0.15) is 5.82 Å². The molecule has 4 nitrogen and oxygen atoms in total. The average molecular weight is 336 g/mol. The van der Waals surface area contributed by atoms with Crippen LogP contribution in [0.2, 0.25) is 0 Å². The summed E-state index contributed by atoms with van der Waals surface area (Å²) in [6.07, 6.45) is 5.42. The Morgan fingerprint density at radius 3 is 2.50 bits per heavy atom. The van der Waals surface area contributed by atoms with Crippen molar-refractivity contribution in [2.45, 2.75) is 57.6 Å². The molecule has 0 spiro atoms. The van der Waals surface area contributed by atoms with Gasteiger partial charge in [-0.3, -0.25) is 4.79 Å². The van der Waals surface area contributed by atoms with Gasteiger partial charge in [-0.2, -0.15) is 0 Å². The molecule has 1 saturated carbocycles. The number of benzene rings is 1. The minimum absolute atomic E-state index is 0.0561. The van der Waals surface area contributed by atoms with Crippen LogP contribution >= 0.6 is 0 Å². The molecule has 1 aliphatic carbocycles. The van der Waals surface area contributed by atoms with E-state index in [1.54, 1.807) is 26.0 Å². The molecule has 1 aliphatic rings. The van der Waals surface area contributed by atoms with Gasteiger partial charge in [0.2, 0.25) is 5.91 Å². The molecule has 2 rings (SSSR count). The van der Waals surface area contributed by atoms with Crippen LogP contribution in [0.1, 0.15) is 57.6 Å². The maximum atomic E-state index is 12.9. The van der Waals surface area contributed by atoms with Crippen molar-refractivity contribution in [2.24, 2.45) is 5.92 Å². The van der Waals surface area contributed by atoms with E-state index < -0.39 is 11.6 Å². The molecular weight excluding hydrogens is 307 g/mol. The number of β-amino-alcohol motifs (C(OH)–C–C–N with tert-alkyl or cyclic N) is 1. The van der Waals surface area contributed by atoms with Gasteiger partial charge in [-0.1, -0.05) is 31.4 Å². The summed E-state index contributed by atoms with van der Waals surface area (Å²) in [5.74, 6) is 0.198. The van der Waals surface area contributed by atoms with Crippen LogP contribution in [-0.4, -0.2) is 29.6 Å². The second-order valence-corrected chi connectivity index (χ2v) is 7.29. The highest BCUT2D eigenvalue weighted by Crippen LogP contribution is 2.23. The molecule has 5 heteroatoms. The summed E-state index contributed by atoms with van der Waals surface area (Å²) in [7, 11) is 0. The monoisotopic (exact) mass is 336 g/mol. The summed E-state index contributed by atoms with van der Waals surface area (Å²) in [4.78, 5) is 12.4. The van der Waals surface area contributed by atoms with Gasteiger partial charge in [0.25, 0.3) is 0 Å². The molecule has 3 N–H and O–H groups in total. The number of aliphatic hydroxyl groups is 1. The van der Waals surface area contributed by atoms with Crippen LogP contribution in [0.4, 0.5) is 4.39 Å². The Kier molecular flexibility index (Phi) is 6.75. The predicted molar refractivity (Wildman–Crippen MR) is 93.0 cm³/mol. The second-order valence-electron chi connectivity index (χ2n) is 7.29. The van der Waals surface area contributed by atoms with E-state index in [4.69, 9.17) is 0 Å². The third-order valence-corrected chi connectivity index (χ3v) is 4.84. The molecule has 1 atom stereocenters. The van der Waals surface area contributed by atoms with Gasteiger partial charge in [-0.25, -0.2) is 4.39 Å². The SMILES string of the molecule is CC(C)(NCC(O)c1ccc(F)cc1)C(=O)NCC1CCCCC1. The van der Waals surface area contributed by atoms with Crippen molar-refractivity contribution in [2.75, 3.05) is 13.1 Å². The van der Waals surface area contributed by atoms with Gasteiger partial charge in [0.05, 0.1) is 11.6 Å². The fraction of sp³-hybridized carbons (Fsp3) is 0.632. The summed E-state index contributed by atoms with van der Waals surface area (Å²) < 4.78 is 12.9. The van der Waals surface area contributed by atoms with Gasteiger partial charge in [0.15, 0.2) is 0 Å². The number of carbonyl (C=O) groups excluding carboxylic acids is 1. The predicted octanol–water partition coefficient (Wildman–Crippen LogP) is 2.92. The third-order valence-electron chi connectivity index (χ3n) is 4.84. The molecule has 1 fully saturated rings. The summed E-state index contributed by atoms with van der Waals surface area (Å²) >= 11 is 0. The molecular formula is C19H29FN2O2. The first-order valence-electron chi connectivity index (χ1n) is 8.85. The van der Waals surface area contributed by atoms with E-state index in [0.29, 0.717) is 11.5 Å². The number of amides is 1. The molecule has 0 aromatic heterocycles. The Bertz CT molecular complexity index is 525. The lowest BCUT2D eigenvalue weighted by Crippen LogP contribution is -2.54. The van der Waals surface area contributed by atoms with E-state index in [1.807, 2.05) is 0 Å². The number of hydrogen-bond acceptors (Lipinski definition) is 3. The van der Waals surface area contributed by atoms with E-state index in [-0.39, 0.29) is 18.3 Å². The summed E-state index contributed by atoms with van der Waals surface area (Å²) in [6, 6.07) is 5.75. The van der Waals surface area contributed by atoms with Crippen molar-refractivity contribution in [3.63, 3.8) is 0 Å². The summed E-state index contributed by atoms with van der Waals surface area (Å²) in [6.45, 7) is 4.57. The van der Waals surface area contributed by atoms with Gasteiger partial charge in [-0.15, -0.1) is 0 Å². The molecule has 0 radical (unpaired) electrons. The van der Waals surface area contributed by atoms with Crippen molar-refractivity contribution in [1.82, 2.24) is 10.6 Å². The topological polar surface area (TPSA) is 61.4 Å². The van der Waals surface area contributed by atoms with Gasteiger partial charge >= 0.3 is 0 Å². The van der Waals surface area contributed by atoms with E-state index in [0.717, 1.165) is 6.54 Å². The van der Waals surface area contributed by atoms with Gasteiger partial charge < -0.3 is 15.7 Å². The quantitative estimate of drug-likeness (QED) is 0.717. The van der Waals surface area contributed by atoms with Crippen LogP contribution in [0.25, 0.3) is 0 Å². The maximum Gasteiger partial charge on any atom is 0.239 e. The number of hydrogen-bond donors (Lipinski definition) is 3. The summed E-state index contributed by atoms with van der Waals surface area (Å²) in [5.41, 5.74) is -0.141. The molecule has 1 aromatic carbocycles.